The molecule has 0 saturated heterocycles. The van der Waals surface area contributed by atoms with E-state index < -0.39 is 0 Å². The minimum Gasteiger partial charge on any atom is -0.372 e. The molecular formula is C16H15BrN2O. The van der Waals surface area contributed by atoms with Crippen molar-refractivity contribution >= 4 is 21.6 Å². The predicted molar refractivity (Wildman–Crippen MR) is 83.1 cm³/mol. The topological polar surface area (TPSA) is 37.4 Å². The van der Waals surface area contributed by atoms with Crippen LogP contribution in [0.1, 0.15) is 29.7 Å². The minimum absolute atomic E-state index is 0.699. The first-order chi connectivity index (χ1) is 9.83. The van der Waals surface area contributed by atoms with E-state index in [4.69, 9.17) is 4.74 Å². The van der Waals surface area contributed by atoms with E-state index in [9.17, 15) is 0 Å². The number of hydrogen-bond donors (Lipinski definition) is 1. The van der Waals surface area contributed by atoms with Crippen molar-refractivity contribution in [3.8, 4) is 11.3 Å². The Labute approximate surface area is 126 Å². The first-order valence-electron chi connectivity index (χ1n) is 6.94. The number of H-pyrrole nitrogens is 1. The fraction of sp³-hybridized carbons (Fsp3) is 0.312. The average molecular weight is 331 g/mol. The van der Waals surface area contributed by atoms with Crippen LogP contribution in [0, 0.1) is 0 Å². The number of rotatable bonds is 2. The zero-order chi connectivity index (χ0) is 13.5. The third kappa shape index (κ3) is 1.95. The summed E-state index contributed by atoms with van der Waals surface area (Å²) in [6.45, 7) is 2.36. The van der Waals surface area contributed by atoms with Crippen molar-refractivity contribution in [1.82, 2.24) is 4.98 Å². The van der Waals surface area contributed by atoms with E-state index in [0.29, 0.717) is 13.2 Å². The summed E-state index contributed by atoms with van der Waals surface area (Å²) >= 11 is 3.49. The fourth-order valence-electron chi connectivity index (χ4n) is 3.00. The molecule has 3 heterocycles. The highest BCUT2D eigenvalue weighted by Crippen LogP contribution is 2.35. The van der Waals surface area contributed by atoms with Gasteiger partial charge in [-0.1, -0.05) is 28.1 Å². The SMILES string of the molecule is Brc1ccc(-c2[nH]c(C3=NCCC3)c3c2COC3)cc1. The number of aliphatic imine (C=N–C) groups is 1. The van der Waals surface area contributed by atoms with Crippen molar-refractivity contribution in [2.24, 2.45) is 4.99 Å². The minimum atomic E-state index is 0.699. The van der Waals surface area contributed by atoms with Crippen molar-refractivity contribution < 1.29 is 4.74 Å². The number of ether oxygens (including phenoxy) is 1. The summed E-state index contributed by atoms with van der Waals surface area (Å²) in [5, 5.41) is 0. The van der Waals surface area contributed by atoms with E-state index in [2.05, 4.69) is 50.2 Å². The highest BCUT2D eigenvalue weighted by molar-refractivity contribution is 9.10. The first-order valence-corrected chi connectivity index (χ1v) is 7.73. The summed E-state index contributed by atoms with van der Waals surface area (Å²) in [7, 11) is 0. The Bertz CT molecular complexity index is 685. The molecule has 20 heavy (non-hydrogen) atoms. The van der Waals surface area contributed by atoms with Gasteiger partial charge in [-0.05, 0) is 30.5 Å². The van der Waals surface area contributed by atoms with Gasteiger partial charge in [0.1, 0.15) is 0 Å². The number of fused-ring (bicyclic) bond motifs is 1. The highest BCUT2D eigenvalue weighted by atomic mass is 79.9. The lowest BCUT2D eigenvalue weighted by molar-refractivity contribution is 0.134. The molecule has 1 aromatic carbocycles. The van der Waals surface area contributed by atoms with Gasteiger partial charge in [-0.2, -0.15) is 0 Å². The van der Waals surface area contributed by atoms with E-state index in [-0.39, 0.29) is 0 Å². The maximum absolute atomic E-state index is 5.66. The zero-order valence-corrected chi connectivity index (χ0v) is 12.7. The number of halogens is 1. The largest absolute Gasteiger partial charge is 0.372 e. The number of nitrogens with one attached hydrogen (secondary N) is 1. The number of benzene rings is 1. The van der Waals surface area contributed by atoms with Gasteiger partial charge in [0, 0.05) is 22.1 Å². The Morgan fingerprint density at radius 3 is 2.50 bits per heavy atom. The molecule has 3 nitrogen and oxygen atoms in total. The van der Waals surface area contributed by atoms with Crippen LogP contribution < -0.4 is 0 Å². The normalized spacial score (nSPS) is 17.4. The summed E-state index contributed by atoms with van der Waals surface area (Å²) in [6.07, 6.45) is 2.24. The van der Waals surface area contributed by atoms with Crippen molar-refractivity contribution in [2.45, 2.75) is 26.1 Å². The van der Waals surface area contributed by atoms with E-state index in [1.54, 1.807) is 0 Å². The lowest BCUT2D eigenvalue weighted by Gasteiger charge is -2.03. The second-order valence-corrected chi connectivity index (χ2v) is 6.18. The summed E-state index contributed by atoms with van der Waals surface area (Å²) in [5.41, 5.74) is 7.43. The molecule has 0 unspecified atom stereocenters. The molecule has 0 amide bonds. The third-order valence-corrected chi connectivity index (χ3v) is 4.54. The van der Waals surface area contributed by atoms with E-state index in [1.165, 1.54) is 33.8 Å². The monoisotopic (exact) mass is 330 g/mol. The lowest BCUT2D eigenvalue weighted by atomic mass is 10.0. The van der Waals surface area contributed by atoms with Gasteiger partial charge in [0.2, 0.25) is 0 Å². The molecule has 0 saturated carbocycles. The van der Waals surface area contributed by atoms with Crippen LogP contribution in [0.3, 0.4) is 0 Å². The van der Waals surface area contributed by atoms with Crippen LogP contribution >= 0.6 is 15.9 Å². The highest BCUT2D eigenvalue weighted by Gasteiger charge is 2.26. The third-order valence-electron chi connectivity index (χ3n) is 4.01. The summed E-state index contributed by atoms with van der Waals surface area (Å²) in [4.78, 5) is 8.23. The maximum atomic E-state index is 5.66. The predicted octanol–water partition coefficient (Wildman–Crippen LogP) is 4.06. The Morgan fingerprint density at radius 1 is 1.05 bits per heavy atom. The van der Waals surface area contributed by atoms with Gasteiger partial charge < -0.3 is 9.72 Å². The van der Waals surface area contributed by atoms with E-state index in [0.717, 1.165) is 23.9 Å². The van der Waals surface area contributed by atoms with Gasteiger partial charge in [-0.15, -0.1) is 0 Å². The number of nitrogens with zero attached hydrogens (tertiary/aromatic N) is 1. The molecule has 0 atom stereocenters. The Morgan fingerprint density at radius 2 is 1.80 bits per heavy atom. The quantitative estimate of drug-likeness (QED) is 0.885. The molecule has 0 bridgehead atoms. The summed E-state index contributed by atoms with van der Waals surface area (Å²) < 4.78 is 6.76. The zero-order valence-electron chi connectivity index (χ0n) is 11.1. The van der Waals surface area contributed by atoms with Crippen molar-refractivity contribution in [3.63, 3.8) is 0 Å². The Hall–Kier alpha value is -1.39. The van der Waals surface area contributed by atoms with Gasteiger partial charge in [0.25, 0.3) is 0 Å². The van der Waals surface area contributed by atoms with Crippen LogP contribution in [0.2, 0.25) is 0 Å². The summed E-state index contributed by atoms with van der Waals surface area (Å²) in [6, 6.07) is 8.42. The van der Waals surface area contributed by atoms with Gasteiger partial charge in [-0.25, -0.2) is 0 Å². The van der Waals surface area contributed by atoms with Crippen molar-refractivity contribution in [3.05, 3.63) is 45.6 Å². The van der Waals surface area contributed by atoms with Gasteiger partial charge in [-0.3, -0.25) is 4.99 Å². The summed E-state index contributed by atoms with van der Waals surface area (Å²) in [5.74, 6) is 0. The van der Waals surface area contributed by atoms with Crippen LogP contribution in [0.15, 0.2) is 33.7 Å². The van der Waals surface area contributed by atoms with Crippen molar-refractivity contribution in [1.29, 1.82) is 0 Å². The van der Waals surface area contributed by atoms with Crippen LogP contribution in [-0.2, 0) is 18.0 Å². The van der Waals surface area contributed by atoms with E-state index in [1.807, 2.05) is 0 Å². The van der Waals surface area contributed by atoms with Crippen LogP contribution in [-0.4, -0.2) is 17.2 Å². The molecule has 2 aliphatic rings. The second kappa shape index (κ2) is 4.86. The Kier molecular flexibility index (Phi) is 3.00. The Balaban J connectivity index is 1.84. The lowest BCUT2D eigenvalue weighted by Crippen LogP contribution is -2.00. The first kappa shape index (κ1) is 12.4. The molecule has 2 aliphatic heterocycles. The van der Waals surface area contributed by atoms with Crippen LogP contribution in [0.25, 0.3) is 11.3 Å². The molecule has 4 heteroatoms. The van der Waals surface area contributed by atoms with Crippen molar-refractivity contribution in [2.75, 3.05) is 6.54 Å². The molecule has 0 fully saturated rings. The van der Waals surface area contributed by atoms with Gasteiger partial charge in [0.15, 0.2) is 0 Å². The van der Waals surface area contributed by atoms with E-state index >= 15 is 0 Å². The second-order valence-electron chi connectivity index (χ2n) is 5.26. The fourth-order valence-corrected chi connectivity index (χ4v) is 3.27. The van der Waals surface area contributed by atoms with Gasteiger partial charge in [0.05, 0.1) is 30.3 Å². The molecule has 0 aliphatic carbocycles. The number of aromatic amines is 1. The molecule has 102 valence electrons. The smallest absolute Gasteiger partial charge is 0.0746 e. The molecule has 2 aromatic rings. The molecule has 4 rings (SSSR count). The number of hydrogen-bond acceptors (Lipinski definition) is 2. The van der Waals surface area contributed by atoms with Crippen LogP contribution in [0.4, 0.5) is 0 Å². The average Bonchev–Trinajstić information content (AvgIpc) is 3.16. The molecule has 1 aromatic heterocycles. The van der Waals surface area contributed by atoms with Gasteiger partial charge >= 0.3 is 0 Å². The molecule has 1 N–H and O–H groups in total. The maximum Gasteiger partial charge on any atom is 0.0746 e. The molecule has 0 radical (unpaired) electrons. The molecular weight excluding hydrogens is 316 g/mol. The molecule has 0 spiro atoms. The van der Waals surface area contributed by atoms with Crippen LogP contribution in [0.5, 0.6) is 0 Å². The standard InChI is InChI=1S/C16H15BrN2O/c17-11-5-3-10(4-6-11)15-12-8-20-9-13(12)16(19-15)14-2-1-7-18-14/h3-6,19H,1-2,7-9H2. The number of aromatic nitrogens is 1.